The summed E-state index contributed by atoms with van der Waals surface area (Å²) in [5.74, 6) is 0.232. The van der Waals surface area contributed by atoms with E-state index in [2.05, 4.69) is 17.4 Å². The Hall–Kier alpha value is -1.59. The first-order valence-corrected chi connectivity index (χ1v) is 10.4. The molecule has 1 aromatic carbocycles. The highest BCUT2D eigenvalue weighted by atomic mass is 35.5. The molecule has 3 N–H and O–H groups in total. The number of hydrogen-bond donors (Lipinski definition) is 2. The Kier molecular flexibility index (Phi) is 8.32. The molecule has 0 bridgehead atoms. The van der Waals surface area contributed by atoms with Crippen molar-refractivity contribution in [1.29, 1.82) is 0 Å². The topological polar surface area (TPSA) is 75.4 Å². The molecule has 156 valence electrons. The molecule has 2 amide bonds. The predicted octanol–water partition coefficient (Wildman–Crippen LogP) is 3.06. The maximum atomic E-state index is 12.7. The molecule has 1 saturated heterocycles. The van der Waals surface area contributed by atoms with Gasteiger partial charge in [0.1, 0.15) is 0 Å². The monoisotopic (exact) mass is 407 g/mol. The number of nitrogens with two attached hydrogens (primary N) is 1. The number of amides is 2. The van der Waals surface area contributed by atoms with Crippen molar-refractivity contribution in [2.45, 2.75) is 69.9 Å². The van der Waals surface area contributed by atoms with Crippen LogP contribution in [0.25, 0.3) is 0 Å². The molecule has 2 unspecified atom stereocenters. The van der Waals surface area contributed by atoms with E-state index >= 15 is 0 Å². The third-order valence-electron chi connectivity index (χ3n) is 6.24. The second-order valence-electron chi connectivity index (χ2n) is 8.45. The van der Waals surface area contributed by atoms with Crippen LogP contribution in [0.5, 0.6) is 0 Å². The van der Waals surface area contributed by atoms with Crippen molar-refractivity contribution in [3.8, 4) is 0 Å². The standard InChI is InChI=1S/C22H33N3O2.ClH/c1-22(23)14-6-5-9-19(22)21(27)24-18-12-15-25(16-13-18)20(26)11-10-17-7-3-2-4-8-17;/h2-4,7-8,18-19H,5-6,9-16,23H2,1H3,(H,24,27);1H. The Morgan fingerprint density at radius 3 is 2.46 bits per heavy atom. The van der Waals surface area contributed by atoms with Crippen molar-refractivity contribution in [1.82, 2.24) is 10.2 Å². The van der Waals surface area contributed by atoms with Gasteiger partial charge in [-0.25, -0.2) is 0 Å². The molecule has 2 fully saturated rings. The lowest BCUT2D eigenvalue weighted by Gasteiger charge is -2.39. The molecule has 1 aliphatic heterocycles. The molecule has 1 saturated carbocycles. The van der Waals surface area contributed by atoms with Crippen molar-refractivity contribution in [3.05, 3.63) is 35.9 Å². The van der Waals surface area contributed by atoms with E-state index < -0.39 is 5.54 Å². The zero-order valence-electron chi connectivity index (χ0n) is 16.9. The van der Waals surface area contributed by atoms with Gasteiger partial charge in [0.15, 0.2) is 0 Å². The molecular weight excluding hydrogens is 374 g/mol. The van der Waals surface area contributed by atoms with E-state index in [0.29, 0.717) is 6.42 Å². The minimum absolute atomic E-state index is 0. The molecule has 0 spiro atoms. The Morgan fingerprint density at radius 2 is 1.82 bits per heavy atom. The van der Waals surface area contributed by atoms with Gasteiger partial charge in [-0.1, -0.05) is 43.2 Å². The summed E-state index contributed by atoms with van der Waals surface area (Å²) in [5, 5.41) is 3.20. The molecule has 5 nitrogen and oxygen atoms in total. The second-order valence-corrected chi connectivity index (χ2v) is 8.45. The summed E-state index contributed by atoms with van der Waals surface area (Å²) < 4.78 is 0. The second kappa shape index (κ2) is 10.3. The van der Waals surface area contributed by atoms with Crippen LogP contribution in [0, 0.1) is 5.92 Å². The average Bonchev–Trinajstić information content (AvgIpc) is 2.67. The summed E-state index contributed by atoms with van der Waals surface area (Å²) >= 11 is 0. The third-order valence-corrected chi connectivity index (χ3v) is 6.24. The number of halogens is 1. The van der Waals surface area contributed by atoms with Gasteiger partial charge in [-0.2, -0.15) is 0 Å². The number of hydrogen-bond acceptors (Lipinski definition) is 3. The molecule has 3 rings (SSSR count). The third kappa shape index (κ3) is 5.95. The van der Waals surface area contributed by atoms with Gasteiger partial charge in [0, 0.05) is 31.1 Å². The van der Waals surface area contributed by atoms with Crippen LogP contribution in [0.4, 0.5) is 0 Å². The quantitative estimate of drug-likeness (QED) is 0.787. The fourth-order valence-corrected chi connectivity index (χ4v) is 4.42. The maximum absolute atomic E-state index is 12.7. The number of nitrogens with one attached hydrogen (secondary N) is 1. The number of piperidine rings is 1. The van der Waals surface area contributed by atoms with Crippen molar-refractivity contribution >= 4 is 24.2 Å². The Morgan fingerprint density at radius 1 is 1.14 bits per heavy atom. The van der Waals surface area contributed by atoms with Gasteiger partial charge in [-0.15, -0.1) is 12.4 Å². The Bertz CT molecular complexity index is 642. The van der Waals surface area contributed by atoms with E-state index in [0.717, 1.165) is 58.0 Å². The highest BCUT2D eigenvalue weighted by Crippen LogP contribution is 2.32. The summed E-state index contributed by atoms with van der Waals surface area (Å²) in [6.45, 7) is 3.46. The molecule has 28 heavy (non-hydrogen) atoms. The van der Waals surface area contributed by atoms with E-state index in [4.69, 9.17) is 5.73 Å². The fraction of sp³-hybridized carbons (Fsp3) is 0.636. The summed E-state index contributed by atoms with van der Waals surface area (Å²) in [6.07, 6.45) is 6.99. The summed E-state index contributed by atoms with van der Waals surface area (Å²) in [5.41, 5.74) is 7.16. The molecule has 0 aromatic heterocycles. The van der Waals surface area contributed by atoms with Crippen molar-refractivity contribution in [2.75, 3.05) is 13.1 Å². The van der Waals surface area contributed by atoms with E-state index in [1.807, 2.05) is 30.0 Å². The van der Waals surface area contributed by atoms with Crippen LogP contribution in [-0.4, -0.2) is 41.4 Å². The van der Waals surface area contributed by atoms with Crippen LogP contribution in [0.15, 0.2) is 30.3 Å². The van der Waals surface area contributed by atoms with E-state index in [1.165, 1.54) is 5.56 Å². The molecule has 1 heterocycles. The van der Waals surface area contributed by atoms with E-state index in [1.54, 1.807) is 0 Å². The van der Waals surface area contributed by atoms with Gasteiger partial charge < -0.3 is 16.0 Å². The predicted molar refractivity (Wildman–Crippen MR) is 114 cm³/mol. The molecule has 0 radical (unpaired) electrons. The minimum atomic E-state index is -0.392. The van der Waals surface area contributed by atoms with Gasteiger partial charge >= 0.3 is 0 Å². The molecule has 1 aromatic rings. The first-order chi connectivity index (χ1) is 13.0. The number of carbonyl (C=O) groups is 2. The molecule has 2 atom stereocenters. The van der Waals surface area contributed by atoms with Crippen molar-refractivity contribution in [2.24, 2.45) is 11.7 Å². The Balaban J connectivity index is 0.00000280. The average molecular weight is 408 g/mol. The highest BCUT2D eigenvalue weighted by Gasteiger charge is 2.38. The smallest absolute Gasteiger partial charge is 0.225 e. The highest BCUT2D eigenvalue weighted by molar-refractivity contribution is 5.85. The Labute approximate surface area is 174 Å². The van der Waals surface area contributed by atoms with Crippen LogP contribution in [-0.2, 0) is 16.0 Å². The van der Waals surface area contributed by atoms with Gasteiger partial charge in [0.05, 0.1) is 5.92 Å². The van der Waals surface area contributed by atoms with Crippen molar-refractivity contribution in [3.63, 3.8) is 0 Å². The fourth-order valence-electron chi connectivity index (χ4n) is 4.42. The number of benzene rings is 1. The minimum Gasteiger partial charge on any atom is -0.353 e. The normalized spacial score (nSPS) is 25.6. The number of likely N-dealkylation sites (tertiary alicyclic amines) is 1. The van der Waals surface area contributed by atoms with Gasteiger partial charge in [0.2, 0.25) is 11.8 Å². The maximum Gasteiger partial charge on any atom is 0.225 e. The lowest BCUT2D eigenvalue weighted by atomic mass is 9.74. The lowest BCUT2D eigenvalue weighted by Crippen LogP contribution is -2.55. The first-order valence-electron chi connectivity index (χ1n) is 10.4. The molecule has 6 heteroatoms. The molecule has 1 aliphatic carbocycles. The van der Waals surface area contributed by atoms with Crippen LogP contribution in [0.3, 0.4) is 0 Å². The van der Waals surface area contributed by atoms with E-state index in [-0.39, 0.29) is 36.2 Å². The van der Waals surface area contributed by atoms with Gasteiger partial charge in [-0.05, 0) is 44.6 Å². The number of aryl methyl sites for hydroxylation is 1. The number of rotatable bonds is 5. The zero-order valence-corrected chi connectivity index (χ0v) is 17.7. The SMILES string of the molecule is CC1(N)CCCCC1C(=O)NC1CCN(C(=O)CCc2ccccc2)CC1.Cl. The van der Waals surface area contributed by atoms with Gasteiger partial charge in [-0.3, -0.25) is 9.59 Å². The van der Waals surface area contributed by atoms with Crippen molar-refractivity contribution < 1.29 is 9.59 Å². The van der Waals surface area contributed by atoms with Crippen LogP contribution >= 0.6 is 12.4 Å². The summed E-state index contributed by atoms with van der Waals surface area (Å²) in [7, 11) is 0. The number of carbonyl (C=O) groups excluding carboxylic acids is 2. The van der Waals surface area contributed by atoms with E-state index in [9.17, 15) is 9.59 Å². The van der Waals surface area contributed by atoms with Crippen LogP contribution in [0.1, 0.15) is 57.4 Å². The number of nitrogens with zero attached hydrogens (tertiary/aromatic N) is 1. The largest absolute Gasteiger partial charge is 0.353 e. The van der Waals surface area contributed by atoms with Crippen LogP contribution in [0.2, 0.25) is 0 Å². The lowest BCUT2D eigenvalue weighted by molar-refractivity contribution is -0.132. The zero-order chi connectivity index (χ0) is 19.3. The first kappa shape index (κ1) is 22.7. The summed E-state index contributed by atoms with van der Waals surface area (Å²) in [4.78, 5) is 27.1. The summed E-state index contributed by atoms with van der Waals surface area (Å²) in [6, 6.07) is 10.3. The molecular formula is C22H34ClN3O2. The van der Waals surface area contributed by atoms with Crippen LogP contribution < -0.4 is 11.1 Å². The van der Waals surface area contributed by atoms with Gasteiger partial charge in [0.25, 0.3) is 0 Å². The molecule has 2 aliphatic rings.